The van der Waals surface area contributed by atoms with Crippen LogP contribution in [-0.4, -0.2) is 70.2 Å². The van der Waals surface area contributed by atoms with Crippen molar-refractivity contribution >= 4 is 92.2 Å². The molecule has 3 fully saturated rings. The van der Waals surface area contributed by atoms with Crippen molar-refractivity contribution in [1.29, 1.82) is 0 Å². The predicted octanol–water partition coefficient (Wildman–Crippen LogP) is 7.16. The van der Waals surface area contributed by atoms with Crippen LogP contribution in [0.4, 0.5) is 5.69 Å². The van der Waals surface area contributed by atoms with E-state index in [2.05, 4.69) is 15.9 Å². The predicted molar refractivity (Wildman–Crippen MR) is 200 cm³/mol. The minimum absolute atomic E-state index is 0.0210. The number of fused-ring (bicyclic) bond motifs is 4. The van der Waals surface area contributed by atoms with Crippen LogP contribution >= 0.6 is 50.7 Å². The zero-order chi connectivity index (χ0) is 37.3. The molecule has 0 radical (unpaired) electrons. The monoisotopic (exact) mass is 828 g/mol. The summed E-state index contributed by atoms with van der Waals surface area (Å²) in [7, 11) is 4.52. The van der Waals surface area contributed by atoms with Crippen LogP contribution in [0.3, 0.4) is 0 Å². The van der Waals surface area contributed by atoms with Crippen LogP contribution in [0.2, 0.25) is 5.02 Å². The SMILES string of the molecule is COc1ccc(OC)c(C=Cc2ccc(N3C(=O)C4CC=C5C(CC6(Cl)C(=O)N(CBr)C(=O)C6(Cl)C5c5cc(Cl)c(O)c(OC)c5)C4C3=O)cc2)c1. The highest BCUT2D eigenvalue weighted by Crippen LogP contribution is 2.66. The van der Waals surface area contributed by atoms with E-state index < -0.39 is 51.1 Å². The molecule has 10 nitrogen and oxygen atoms in total. The van der Waals surface area contributed by atoms with Crippen LogP contribution in [0.15, 0.2) is 66.2 Å². The first kappa shape index (κ1) is 36.3. The average molecular weight is 831 g/mol. The van der Waals surface area contributed by atoms with Crippen LogP contribution in [0.25, 0.3) is 12.2 Å². The number of nitrogens with zero attached hydrogens (tertiary/aromatic N) is 2. The van der Waals surface area contributed by atoms with Gasteiger partial charge in [-0.1, -0.05) is 63.5 Å². The summed E-state index contributed by atoms with van der Waals surface area (Å²) in [4.78, 5) is 54.6. The molecular weight excluding hydrogens is 799 g/mol. The summed E-state index contributed by atoms with van der Waals surface area (Å²) in [5.74, 6) is -4.60. The van der Waals surface area contributed by atoms with Gasteiger partial charge in [-0.05, 0) is 72.4 Å². The van der Waals surface area contributed by atoms with Gasteiger partial charge in [-0.2, -0.15) is 0 Å². The van der Waals surface area contributed by atoms with Gasteiger partial charge in [-0.25, -0.2) is 0 Å². The van der Waals surface area contributed by atoms with Gasteiger partial charge in [-0.3, -0.25) is 29.0 Å². The van der Waals surface area contributed by atoms with Crippen LogP contribution in [0, 0.1) is 17.8 Å². The third kappa shape index (κ3) is 5.26. The minimum Gasteiger partial charge on any atom is -0.503 e. The molecule has 6 atom stereocenters. The number of aromatic hydroxyl groups is 1. The zero-order valence-electron chi connectivity index (χ0n) is 28.1. The number of phenols is 1. The lowest BCUT2D eigenvalue weighted by Crippen LogP contribution is -2.60. The number of anilines is 1. The van der Waals surface area contributed by atoms with Crippen LogP contribution in [-0.2, 0) is 19.2 Å². The number of hydrogen-bond donors (Lipinski definition) is 1. The first-order chi connectivity index (χ1) is 24.8. The molecule has 0 bridgehead atoms. The Bertz CT molecular complexity index is 2090. The summed E-state index contributed by atoms with van der Waals surface area (Å²) < 4.78 is 16.2. The van der Waals surface area contributed by atoms with E-state index in [0.29, 0.717) is 28.3 Å². The Morgan fingerprint density at radius 1 is 0.885 bits per heavy atom. The van der Waals surface area contributed by atoms with Gasteiger partial charge in [0.25, 0.3) is 11.8 Å². The van der Waals surface area contributed by atoms with Crippen molar-refractivity contribution in [3.8, 4) is 23.0 Å². The fourth-order valence-corrected chi connectivity index (χ4v) is 9.83. The number of imide groups is 2. The van der Waals surface area contributed by atoms with Crippen molar-refractivity contribution in [3.63, 3.8) is 0 Å². The molecule has 270 valence electrons. The number of allylic oxidation sites excluding steroid dienone is 2. The number of alkyl halides is 3. The maximum atomic E-state index is 14.4. The van der Waals surface area contributed by atoms with Gasteiger partial charge in [0, 0.05) is 11.5 Å². The van der Waals surface area contributed by atoms with E-state index in [1.807, 2.05) is 30.4 Å². The van der Waals surface area contributed by atoms with Gasteiger partial charge in [-0.15, -0.1) is 23.2 Å². The highest BCUT2D eigenvalue weighted by atomic mass is 79.9. The van der Waals surface area contributed by atoms with E-state index in [0.717, 1.165) is 16.0 Å². The summed E-state index contributed by atoms with van der Waals surface area (Å²) in [5.41, 5.74) is 2.81. The van der Waals surface area contributed by atoms with E-state index in [-0.39, 0.29) is 40.7 Å². The number of halogens is 4. The number of carbonyl (C=O) groups excluding carboxylic acids is 4. The summed E-state index contributed by atoms with van der Waals surface area (Å²) in [6.07, 6.45) is 5.61. The molecule has 52 heavy (non-hydrogen) atoms. The number of amides is 4. The van der Waals surface area contributed by atoms with E-state index in [1.165, 1.54) is 24.1 Å². The molecule has 1 saturated carbocycles. The smallest absolute Gasteiger partial charge is 0.254 e. The lowest BCUT2D eigenvalue weighted by Gasteiger charge is -2.50. The maximum Gasteiger partial charge on any atom is 0.254 e. The Morgan fingerprint density at radius 2 is 1.60 bits per heavy atom. The number of likely N-dealkylation sites (tertiary alicyclic amines) is 1. The van der Waals surface area contributed by atoms with Crippen molar-refractivity contribution in [3.05, 3.63) is 88.0 Å². The molecule has 3 aromatic carbocycles. The fraction of sp³-hybridized carbons (Fsp3) is 0.316. The van der Waals surface area contributed by atoms with Gasteiger partial charge in [0.1, 0.15) is 11.5 Å². The molecular formula is C38H32BrCl3N2O8. The average Bonchev–Trinajstić information content (AvgIpc) is 3.48. The molecule has 1 N–H and O–H groups in total. The van der Waals surface area contributed by atoms with Gasteiger partial charge in [0.05, 0.1) is 49.3 Å². The van der Waals surface area contributed by atoms with Crippen molar-refractivity contribution in [1.82, 2.24) is 4.90 Å². The van der Waals surface area contributed by atoms with Gasteiger partial charge < -0.3 is 19.3 Å². The fourth-order valence-electron chi connectivity index (χ4n) is 8.19. The van der Waals surface area contributed by atoms with Gasteiger partial charge in [0.2, 0.25) is 11.8 Å². The third-order valence-corrected chi connectivity index (χ3v) is 12.9. The minimum atomic E-state index is -2.02. The molecule has 6 unspecified atom stereocenters. The van der Waals surface area contributed by atoms with Gasteiger partial charge in [0.15, 0.2) is 21.2 Å². The van der Waals surface area contributed by atoms with Gasteiger partial charge >= 0.3 is 0 Å². The quantitative estimate of drug-likeness (QED) is 0.0836. The Balaban J connectivity index is 1.25. The molecule has 3 aromatic rings. The summed E-state index contributed by atoms with van der Waals surface area (Å²) >= 11 is 24.3. The molecule has 2 saturated heterocycles. The Kier molecular flexibility index (Phi) is 9.38. The number of benzene rings is 3. The molecule has 14 heteroatoms. The number of hydrogen-bond acceptors (Lipinski definition) is 8. The molecule has 2 aliphatic heterocycles. The topological polar surface area (TPSA) is 123 Å². The van der Waals surface area contributed by atoms with Crippen molar-refractivity contribution in [2.45, 2.75) is 28.5 Å². The van der Waals surface area contributed by atoms with Crippen molar-refractivity contribution in [2.24, 2.45) is 17.8 Å². The standard InChI is InChI=1S/C38H32BrCl3N2O8/c1-50-23-10-13-28(51-2)20(14-23)7-4-19-5-8-22(9-6-19)44-33(46)25-12-11-24-26(30(25)34(44)47)17-37(41)35(48)43(18-39)36(49)38(37,42)31(24)21-15-27(40)32(45)29(16-21)52-3/h4-11,13-16,25-26,30-31,45H,12,17-18H2,1-3H3. The Hall–Kier alpha value is -4.03. The number of carbonyl (C=O) groups is 4. The summed E-state index contributed by atoms with van der Waals surface area (Å²) in [5, 5.41) is 10.5. The Morgan fingerprint density at radius 3 is 2.25 bits per heavy atom. The normalized spacial score (nSPS) is 28.2. The van der Waals surface area contributed by atoms with Crippen LogP contribution in [0.1, 0.15) is 35.4 Å². The van der Waals surface area contributed by atoms with E-state index in [1.54, 1.807) is 44.6 Å². The lowest BCUT2D eigenvalue weighted by molar-refractivity contribution is -0.138. The van der Waals surface area contributed by atoms with Crippen LogP contribution < -0.4 is 19.1 Å². The summed E-state index contributed by atoms with van der Waals surface area (Å²) in [6.45, 7) is 0. The summed E-state index contributed by atoms with van der Waals surface area (Å²) in [6, 6.07) is 15.4. The molecule has 0 spiro atoms. The molecule has 2 aliphatic carbocycles. The molecule has 7 rings (SSSR count). The van der Waals surface area contributed by atoms with E-state index in [4.69, 9.17) is 49.0 Å². The molecule has 4 aliphatic rings. The van der Waals surface area contributed by atoms with Crippen molar-refractivity contribution < 1.29 is 38.5 Å². The highest BCUT2D eigenvalue weighted by molar-refractivity contribution is 9.09. The molecule has 0 aromatic heterocycles. The first-order valence-corrected chi connectivity index (χ1v) is 18.5. The van der Waals surface area contributed by atoms with Crippen molar-refractivity contribution in [2.75, 3.05) is 31.7 Å². The van der Waals surface area contributed by atoms with E-state index in [9.17, 15) is 24.3 Å². The Labute approximate surface area is 323 Å². The second kappa shape index (κ2) is 13.4. The molecule has 4 amide bonds. The third-order valence-electron chi connectivity index (χ3n) is 10.7. The van der Waals surface area contributed by atoms with E-state index >= 15 is 0 Å². The molecule has 2 heterocycles. The number of phenolic OH excluding ortho intramolecular Hbond substituents is 1. The first-order valence-electron chi connectivity index (χ1n) is 16.3. The lowest BCUT2D eigenvalue weighted by atomic mass is 9.56. The maximum absolute atomic E-state index is 14.4. The number of ether oxygens (including phenoxy) is 3. The zero-order valence-corrected chi connectivity index (χ0v) is 31.9. The number of rotatable bonds is 8. The second-order valence-electron chi connectivity index (χ2n) is 13.1. The van der Waals surface area contributed by atoms with Crippen LogP contribution in [0.5, 0.6) is 23.0 Å². The second-order valence-corrected chi connectivity index (χ2v) is 15.2. The highest BCUT2D eigenvalue weighted by Gasteiger charge is 2.76. The largest absolute Gasteiger partial charge is 0.503 e. The number of methoxy groups -OCH3 is 3.